The van der Waals surface area contributed by atoms with Crippen molar-refractivity contribution in [3.8, 4) is 0 Å². The fraction of sp³-hybridized carbons (Fsp3) is 0.615. The van der Waals surface area contributed by atoms with E-state index in [0.717, 1.165) is 43.7 Å². The number of carbonyl (C=O) groups is 1. The van der Waals surface area contributed by atoms with Crippen LogP contribution in [0.2, 0.25) is 0 Å². The fourth-order valence-corrected chi connectivity index (χ4v) is 3.99. The first kappa shape index (κ1) is 26.7. The SMILES string of the molecule is Cc1ccc(C(=O)NCCC(C)C)cc1Nc1nc(N[C@@H]2CCNC2)nc(N(C)CC(C)(C)C)n1. The molecule has 0 radical (unpaired) electrons. The molecular formula is C26H42N8O. The van der Waals surface area contributed by atoms with Crippen molar-refractivity contribution in [3.05, 3.63) is 29.3 Å². The molecule has 1 aliphatic rings. The van der Waals surface area contributed by atoms with Gasteiger partial charge in [0.25, 0.3) is 5.91 Å². The summed E-state index contributed by atoms with van der Waals surface area (Å²) < 4.78 is 0. The predicted molar refractivity (Wildman–Crippen MR) is 144 cm³/mol. The average Bonchev–Trinajstić information content (AvgIpc) is 3.26. The number of hydrogen-bond acceptors (Lipinski definition) is 8. The maximum atomic E-state index is 12.7. The quantitative estimate of drug-likeness (QED) is 0.403. The third-order valence-electron chi connectivity index (χ3n) is 5.82. The zero-order valence-corrected chi connectivity index (χ0v) is 22.3. The van der Waals surface area contributed by atoms with Crippen molar-refractivity contribution < 1.29 is 4.79 Å². The lowest BCUT2D eigenvalue weighted by atomic mass is 9.96. The summed E-state index contributed by atoms with van der Waals surface area (Å²) in [5.74, 6) is 2.07. The average molecular weight is 483 g/mol. The molecule has 0 saturated carbocycles. The lowest BCUT2D eigenvalue weighted by molar-refractivity contribution is 0.0952. The van der Waals surface area contributed by atoms with Crippen LogP contribution in [0.25, 0.3) is 0 Å². The summed E-state index contributed by atoms with van der Waals surface area (Å²) in [5.41, 5.74) is 2.50. The molecule has 0 unspecified atom stereocenters. The molecule has 35 heavy (non-hydrogen) atoms. The van der Waals surface area contributed by atoms with Crippen LogP contribution in [-0.4, -0.2) is 60.1 Å². The van der Waals surface area contributed by atoms with Gasteiger partial charge in [0.15, 0.2) is 0 Å². The highest BCUT2D eigenvalue weighted by atomic mass is 16.1. The van der Waals surface area contributed by atoms with E-state index in [1.165, 1.54) is 0 Å². The highest BCUT2D eigenvalue weighted by Crippen LogP contribution is 2.24. The molecule has 1 aliphatic heterocycles. The van der Waals surface area contributed by atoms with Gasteiger partial charge in [0, 0.05) is 44.0 Å². The van der Waals surface area contributed by atoms with E-state index in [2.05, 4.69) is 65.8 Å². The van der Waals surface area contributed by atoms with Crippen molar-refractivity contribution in [3.63, 3.8) is 0 Å². The topological polar surface area (TPSA) is 107 Å². The molecule has 1 atom stereocenters. The highest BCUT2D eigenvalue weighted by Gasteiger charge is 2.20. The van der Waals surface area contributed by atoms with Crippen molar-refractivity contribution in [1.82, 2.24) is 25.6 Å². The summed E-state index contributed by atoms with van der Waals surface area (Å²) >= 11 is 0. The summed E-state index contributed by atoms with van der Waals surface area (Å²) in [4.78, 5) is 28.8. The van der Waals surface area contributed by atoms with Crippen molar-refractivity contribution in [2.45, 2.75) is 60.4 Å². The summed E-state index contributed by atoms with van der Waals surface area (Å²) in [7, 11) is 2.00. The van der Waals surface area contributed by atoms with E-state index in [0.29, 0.717) is 35.9 Å². The number of nitrogens with zero attached hydrogens (tertiary/aromatic N) is 4. The van der Waals surface area contributed by atoms with Gasteiger partial charge in [-0.05, 0) is 55.3 Å². The molecule has 1 saturated heterocycles. The Bertz CT molecular complexity index is 995. The van der Waals surface area contributed by atoms with Gasteiger partial charge in [-0.2, -0.15) is 15.0 Å². The Morgan fingerprint density at radius 1 is 1.20 bits per heavy atom. The number of amides is 1. The van der Waals surface area contributed by atoms with Crippen molar-refractivity contribution in [1.29, 1.82) is 0 Å². The Labute approximate surface area is 209 Å². The molecule has 3 rings (SSSR count). The second-order valence-corrected chi connectivity index (χ2v) is 11.1. The van der Waals surface area contributed by atoms with Crippen LogP contribution in [0.3, 0.4) is 0 Å². The summed E-state index contributed by atoms with van der Waals surface area (Å²) in [6.07, 6.45) is 1.97. The van der Waals surface area contributed by atoms with Crippen LogP contribution in [0.1, 0.15) is 63.4 Å². The third-order valence-corrected chi connectivity index (χ3v) is 5.82. The van der Waals surface area contributed by atoms with Crippen molar-refractivity contribution >= 4 is 29.4 Å². The number of hydrogen-bond donors (Lipinski definition) is 4. The van der Waals surface area contributed by atoms with Gasteiger partial charge < -0.3 is 26.2 Å². The Kier molecular flexibility index (Phi) is 8.88. The first-order valence-corrected chi connectivity index (χ1v) is 12.6. The molecular weight excluding hydrogens is 440 g/mol. The largest absolute Gasteiger partial charge is 0.352 e. The number of nitrogens with one attached hydrogen (secondary N) is 4. The third kappa shape index (κ3) is 8.35. The molecule has 1 amide bonds. The van der Waals surface area contributed by atoms with Gasteiger partial charge >= 0.3 is 0 Å². The van der Waals surface area contributed by atoms with Crippen LogP contribution in [0.5, 0.6) is 0 Å². The van der Waals surface area contributed by atoms with E-state index in [4.69, 9.17) is 9.97 Å². The molecule has 9 heteroatoms. The van der Waals surface area contributed by atoms with Crippen LogP contribution in [0.15, 0.2) is 18.2 Å². The molecule has 0 bridgehead atoms. The lowest BCUT2D eigenvalue weighted by Crippen LogP contribution is -2.31. The molecule has 1 aromatic heterocycles. The maximum Gasteiger partial charge on any atom is 0.251 e. The predicted octanol–water partition coefficient (Wildman–Crippen LogP) is 3.96. The smallest absolute Gasteiger partial charge is 0.251 e. The van der Waals surface area contributed by atoms with E-state index < -0.39 is 0 Å². The minimum atomic E-state index is -0.0777. The maximum absolute atomic E-state index is 12.7. The van der Waals surface area contributed by atoms with Gasteiger partial charge in [0.1, 0.15) is 0 Å². The molecule has 2 heterocycles. The normalized spacial score (nSPS) is 15.8. The standard InChI is InChI=1S/C26H42N8O/c1-17(2)10-13-28-22(35)19-9-8-18(3)21(14-19)30-24-31-23(29-20-11-12-27-15-20)32-25(33-24)34(7)16-26(4,5)6/h8-9,14,17,20,27H,10-13,15-16H2,1-7H3,(H,28,35)(H2,29,30,31,32,33)/t20-/m1/s1. The van der Waals surface area contributed by atoms with Crippen LogP contribution in [0.4, 0.5) is 23.5 Å². The van der Waals surface area contributed by atoms with E-state index in [-0.39, 0.29) is 17.4 Å². The zero-order valence-electron chi connectivity index (χ0n) is 22.3. The number of carbonyl (C=O) groups excluding carboxylic acids is 1. The molecule has 2 aromatic rings. The Balaban J connectivity index is 1.84. The lowest BCUT2D eigenvalue weighted by Gasteiger charge is -2.27. The van der Waals surface area contributed by atoms with E-state index in [1.807, 2.05) is 32.2 Å². The Morgan fingerprint density at radius 2 is 1.94 bits per heavy atom. The van der Waals surface area contributed by atoms with Gasteiger partial charge in [-0.25, -0.2) is 0 Å². The molecule has 0 spiro atoms. The van der Waals surface area contributed by atoms with Gasteiger partial charge in [0.2, 0.25) is 17.8 Å². The van der Waals surface area contributed by atoms with Crippen molar-refractivity contribution in [2.75, 3.05) is 48.8 Å². The Morgan fingerprint density at radius 3 is 2.60 bits per heavy atom. The monoisotopic (exact) mass is 482 g/mol. The van der Waals surface area contributed by atoms with E-state index in [9.17, 15) is 4.79 Å². The first-order chi connectivity index (χ1) is 16.5. The first-order valence-electron chi connectivity index (χ1n) is 12.6. The number of aryl methyl sites for hydroxylation is 1. The van der Waals surface area contributed by atoms with Gasteiger partial charge in [-0.3, -0.25) is 4.79 Å². The summed E-state index contributed by atoms with van der Waals surface area (Å²) in [5, 5.41) is 13.2. The van der Waals surface area contributed by atoms with Gasteiger partial charge in [-0.1, -0.05) is 40.7 Å². The number of benzene rings is 1. The van der Waals surface area contributed by atoms with Gasteiger partial charge in [0.05, 0.1) is 0 Å². The molecule has 1 aromatic carbocycles. The molecule has 1 fully saturated rings. The molecule has 192 valence electrons. The van der Waals surface area contributed by atoms with Gasteiger partial charge in [-0.15, -0.1) is 0 Å². The molecule has 4 N–H and O–H groups in total. The molecule has 9 nitrogen and oxygen atoms in total. The van der Waals surface area contributed by atoms with E-state index in [1.54, 1.807) is 0 Å². The second-order valence-electron chi connectivity index (χ2n) is 11.1. The summed E-state index contributed by atoms with van der Waals surface area (Å²) in [6.45, 7) is 16.2. The zero-order chi connectivity index (χ0) is 25.6. The van der Waals surface area contributed by atoms with Crippen LogP contribution in [-0.2, 0) is 0 Å². The number of rotatable bonds is 10. The van der Waals surface area contributed by atoms with Crippen LogP contribution in [0, 0.1) is 18.3 Å². The Hall–Kier alpha value is -2.94. The minimum Gasteiger partial charge on any atom is -0.352 e. The van der Waals surface area contributed by atoms with E-state index >= 15 is 0 Å². The second kappa shape index (κ2) is 11.7. The van der Waals surface area contributed by atoms with Crippen molar-refractivity contribution in [2.24, 2.45) is 11.3 Å². The minimum absolute atomic E-state index is 0.0777. The molecule has 0 aliphatic carbocycles. The van der Waals surface area contributed by atoms with Crippen LogP contribution < -0.4 is 26.2 Å². The fourth-order valence-electron chi connectivity index (χ4n) is 3.99. The number of anilines is 4. The number of aromatic nitrogens is 3. The highest BCUT2D eigenvalue weighted by molar-refractivity contribution is 5.95. The van der Waals surface area contributed by atoms with Crippen LogP contribution >= 0.6 is 0 Å². The summed E-state index contributed by atoms with van der Waals surface area (Å²) in [6, 6.07) is 5.93.